The van der Waals surface area contributed by atoms with Crippen LogP contribution < -0.4 is 0 Å². The van der Waals surface area contributed by atoms with Gasteiger partial charge in [0.1, 0.15) is 11.9 Å². The van der Waals surface area contributed by atoms with E-state index in [1.807, 2.05) is 0 Å². The number of benzene rings is 1. The lowest BCUT2D eigenvalue weighted by atomic mass is 9.79. The van der Waals surface area contributed by atoms with Gasteiger partial charge >= 0.3 is 0 Å². The summed E-state index contributed by atoms with van der Waals surface area (Å²) in [4.78, 5) is 2.68. The van der Waals surface area contributed by atoms with E-state index in [2.05, 4.69) is 77.8 Å². The van der Waals surface area contributed by atoms with E-state index in [1.165, 1.54) is 48.3 Å². The number of fused-ring (bicyclic) bond motifs is 5. The van der Waals surface area contributed by atoms with Gasteiger partial charge in [-0.25, -0.2) is 0 Å². The summed E-state index contributed by atoms with van der Waals surface area (Å²) < 4.78 is 6.72. The predicted molar refractivity (Wildman–Crippen MR) is 129 cm³/mol. The van der Waals surface area contributed by atoms with Gasteiger partial charge in [-0.05, 0) is 62.2 Å². The summed E-state index contributed by atoms with van der Waals surface area (Å²) in [5, 5.41) is 0. The number of ether oxygens (including phenoxy) is 1. The fourth-order valence-electron chi connectivity index (χ4n) is 6.92. The van der Waals surface area contributed by atoms with E-state index in [0.29, 0.717) is 29.9 Å². The van der Waals surface area contributed by atoms with Crippen LogP contribution in [0.4, 0.5) is 0 Å². The Morgan fingerprint density at radius 2 is 1.84 bits per heavy atom. The number of rotatable bonds is 2. The average Bonchev–Trinajstić information content (AvgIpc) is 3.40. The van der Waals surface area contributed by atoms with Crippen molar-refractivity contribution in [3.63, 3.8) is 0 Å². The summed E-state index contributed by atoms with van der Waals surface area (Å²) in [6.45, 7) is 0. The average molecular weight is 422 g/mol. The Bertz CT molecular complexity index is 1110. The van der Waals surface area contributed by atoms with Crippen LogP contribution in [0.25, 0.3) is 0 Å². The zero-order valence-electron chi connectivity index (χ0n) is 18.6. The maximum atomic E-state index is 6.72. The third-order valence-corrected chi connectivity index (χ3v) is 8.41. The van der Waals surface area contributed by atoms with Crippen LogP contribution in [-0.4, -0.2) is 17.0 Å². The van der Waals surface area contributed by atoms with Crippen molar-refractivity contribution in [3.05, 3.63) is 107 Å². The van der Waals surface area contributed by atoms with Crippen LogP contribution in [0.2, 0.25) is 0 Å². The fourth-order valence-corrected chi connectivity index (χ4v) is 6.92. The highest BCUT2D eigenvalue weighted by molar-refractivity contribution is 5.50. The lowest BCUT2D eigenvalue weighted by Crippen LogP contribution is -2.34. The second kappa shape index (κ2) is 7.40. The Labute approximate surface area is 191 Å². The van der Waals surface area contributed by atoms with Gasteiger partial charge < -0.3 is 9.64 Å². The van der Waals surface area contributed by atoms with Crippen LogP contribution in [0, 0.1) is 11.8 Å². The van der Waals surface area contributed by atoms with E-state index in [-0.39, 0.29) is 0 Å². The molecule has 2 heterocycles. The Hall–Kier alpha value is -2.74. The smallest absolute Gasteiger partial charge is 0.110 e. The fraction of sp³-hybridized carbons (Fsp3) is 0.400. The van der Waals surface area contributed by atoms with E-state index in [9.17, 15) is 0 Å². The largest absolute Gasteiger partial charge is 0.493 e. The molecule has 162 valence electrons. The molecule has 5 atom stereocenters. The molecule has 0 saturated carbocycles. The Balaban J connectivity index is 1.22. The summed E-state index contributed by atoms with van der Waals surface area (Å²) in [5.41, 5.74) is 7.53. The molecule has 0 N–H and O–H groups in total. The first kappa shape index (κ1) is 18.8. The maximum Gasteiger partial charge on any atom is 0.110 e. The molecule has 4 aliphatic carbocycles. The van der Waals surface area contributed by atoms with Crippen LogP contribution in [0.1, 0.15) is 56.4 Å². The lowest BCUT2D eigenvalue weighted by Gasteiger charge is -2.35. The molecule has 0 aromatic heterocycles. The lowest BCUT2D eigenvalue weighted by molar-refractivity contribution is 0.0936. The van der Waals surface area contributed by atoms with Gasteiger partial charge in [0, 0.05) is 28.8 Å². The minimum Gasteiger partial charge on any atom is -0.493 e. The molecule has 0 fully saturated rings. The van der Waals surface area contributed by atoms with E-state index in [1.54, 1.807) is 11.3 Å². The first-order valence-electron chi connectivity index (χ1n) is 12.6. The van der Waals surface area contributed by atoms with Crippen molar-refractivity contribution in [1.82, 2.24) is 4.90 Å². The van der Waals surface area contributed by atoms with Gasteiger partial charge in [-0.2, -0.15) is 0 Å². The van der Waals surface area contributed by atoms with Crippen LogP contribution in [0.5, 0.6) is 0 Å². The summed E-state index contributed by atoms with van der Waals surface area (Å²) in [5.74, 6) is 2.68. The van der Waals surface area contributed by atoms with Gasteiger partial charge in [0.2, 0.25) is 0 Å². The molecule has 2 nitrogen and oxygen atoms in total. The van der Waals surface area contributed by atoms with E-state index < -0.39 is 0 Å². The van der Waals surface area contributed by atoms with Gasteiger partial charge in [0.25, 0.3) is 0 Å². The normalized spacial score (nSPS) is 34.7. The molecule has 0 saturated heterocycles. The second-order valence-corrected chi connectivity index (χ2v) is 10.1. The molecular weight excluding hydrogens is 390 g/mol. The Kier molecular flexibility index (Phi) is 4.35. The van der Waals surface area contributed by atoms with Gasteiger partial charge in [-0.1, -0.05) is 66.8 Å². The summed E-state index contributed by atoms with van der Waals surface area (Å²) >= 11 is 0. The SMILES string of the molecule is C1=CC2C3=C(OC2CC1)C1C2=C(CCCC2)N(C2=CCC(c4ccccc4)C=C2)C1C=C3. The van der Waals surface area contributed by atoms with Crippen molar-refractivity contribution >= 4 is 0 Å². The number of nitrogens with zero attached hydrogens (tertiary/aromatic N) is 1. The topological polar surface area (TPSA) is 12.5 Å². The number of hydrogen-bond donors (Lipinski definition) is 0. The van der Waals surface area contributed by atoms with Crippen molar-refractivity contribution < 1.29 is 4.74 Å². The van der Waals surface area contributed by atoms with Gasteiger partial charge in [-0.15, -0.1) is 0 Å². The quantitative estimate of drug-likeness (QED) is 0.480. The van der Waals surface area contributed by atoms with Gasteiger partial charge in [-0.3, -0.25) is 0 Å². The molecule has 6 aliphatic rings. The highest BCUT2D eigenvalue weighted by atomic mass is 16.5. The monoisotopic (exact) mass is 421 g/mol. The molecule has 1 aromatic carbocycles. The zero-order chi connectivity index (χ0) is 21.1. The maximum absolute atomic E-state index is 6.72. The molecule has 0 bridgehead atoms. The molecule has 5 unspecified atom stereocenters. The molecule has 7 rings (SSSR count). The van der Waals surface area contributed by atoms with Crippen molar-refractivity contribution in [2.75, 3.05) is 0 Å². The van der Waals surface area contributed by atoms with Crippen molar-refractivity contribution in [2.24, 2.45) is 11.8 Å². The van der Waals surface area contributed by atoms with E-state index in [0.717, 1.165) is 19.3 Å². The molecular formula is C30H31NO. The first-order chi connectivity index (χ1) is 15.9. The Morgan fingerprint density at radius 1 is 0.938 bits per heavy atom. The molecule has 2 aliphatic heterocycles. The summed E-state index contributed by atoms with van der Waals surface area (Å²) in [6.07, 6.45) is 25.8. The number of allylic oxidation sites excluding steroid dienone is 6. The molecule has 0 spiro atoms. The molecule has 2 heteroatoms. The minimum absolute atomic E-state index is 0.357. The predicted octanol–water partition coefficient (Wildman–Crippen LogP) is 6.93. The van der Waals surface area contributed by atoms with E-state index >= 15 is 0 Å². The third kappa shape index (κ3) is 2.78. The van der Waals surface area contributed by atoms with Crippen LogP contribution in [-0.2, 0) is 4.74 Å². The zero-order valence-corrected chi connectivity index (χ0v) is 18.6. The highest BCUT2D eigenvalue weighted by Gasteiger charge is 2.49. The second-order valence-electron chi connectivity index (χ2n) is 10.1. The number of hydrogen-bond acceptors (Lipinski definition) is 2. The van der Waals surface area contributed by atoms with E-state index in [4.69, 9.17) is 4.74 Å². The molecule has 0 radical (unpaired) electrons. The Morgan fingerprint density at radius 3 is 2.72 bits per heavy atom. The van der Waals surface area contributed by atoms with Gasteiger partial charge in [0.15, 0.2) is 0 Å². The van der Waals surface area contributed by atoms with Crippen LogP contribution in [0.15, 0.2) is 101 Å². The standard InChI is InChI=1S/C30H31NO/c1-2-8-20(9-3-1)21-14-16-22(17-15-21)31-26-12-6-4-11-25(26)29-27(31)19-18-24-23-10-5-7-13-28(23)32-30(24)29/h1-3,5,8-10,14,16-19,21,23,27-29H,4,6-7,11-13,15H2. The van der Waals surface area contributed by atoms with Gasteiger partial charge in [0.05, 0.1) is 12.0 Å². The first-order valence-corrected chi connectivity index (χ1v) is 12.6. The van der Waals surface area contributed by atoms with Crippen LogP contribution in [0.3, 0.4) is 0 Å². The van der Waals surface area contributed by atoms with Crippen molar-refractivity contribution in [3.8, 4) is 0 Å². The molecule has 1 aromatic rings. The summed E-state index contributed by atoms with van der Waals surface area (Å²) in [6, 6.07) is 11.3. The third-order valence-electron chi connectivity index (χ3n) is 8.41. The minimum atomic E-state index is 0.357. The molecule has 32 heavy (non-hydrogen) atoms. The highest BCUT2D eigenvalue weighted by Crippen LogP contribution is 2.54. The summed E-state index contributed by atoms with van der Waals surface area (Å²) in [7, 11) is 0. The van der Waals surface area contributed by atoms with Crippen molar-refractivity contribution in [2.45, 2.75) is 63.0 Å². The van der Waals surface area contributed by atoms with Crippen LogP contribution >= 0.6 is 0 Å². The molecule has 0 amide bonds. The van der Waals surface area contributed by atoms with Crippen molar-refractivity contribution in [1.29, 1.82) is 0 Å².